The van der Waals surface area contributed by atoms with E-state index in [-0.39, 0.29) is 17.4 Å². The Morgan fingerprint density at radius 3 is 2.29 bits per heavy atom. The molecule has 0 aliphatic rings. The molecule has 1 aromatic carbocycles. The summed E-state index contributed by atoms with van der Waals surface area (Å²) in [5, 5.41) is 19.3. The first-order chi connectivity index (χ1) is 6.43. The second-order valence-electron chi connectivity index (χ2n) is 3.87. The zero-order valence-corrected chi connectivity index (χ0v) is 8.83. The van der Waals surface area contributed by atoms with Gasteiger partial charge in [0.1, 0.15) is 11.5 Å². The minimum atomic E-state index is 0.171. The third-order valence-corrected chi connectivity index (χ3v) is 2.21. The van der Waals surface area contributed by atoms with E-state index in [1.54, 1.807) is 13.0 Å². The quantitative estimate of drug-likeness (QED) is 0.706. The Hall–Kier alpha value is -1.44. The SMILES string of the molecule is C=C(C)c1cc(O)cc(C(C)C)c1O. The summed E-state index contributed by atoms with van der Waals surface area (Å²) in [5.41, 5.74) is 2.12. The van der Waals surface area contributed by atoms with Crippen molar-refractivity contribution in [2.75, 3.05) is 0 Å². The fourth-order valence-corrected chi connectivity index (χ4v) is 1.41. The van der Waals surface area contributed by atoms with Gasteiger partial charge in [0.15, 0.2) is 0 Å². The average molecular weight is 192 g/mol. The summed E-state index contributed by atoms with van der Waals surface area (Å²) < 4.78 is 0. The summed E-state index contributed by atoms with van der Waals surface area (Å²) in [6, 6.07) is 3.12. The van der Waals surface area contributed by atoms with Crippen LogP contribution in [0.5, 0.6) is 11.5 Å². The molecule has 0 bridgehead atoms. The molecule has 1 rings (SSSR count). The number of phenolic OH excluding ortho intramolecular Hbond substituents is 2. The van der Waals surface area contributed by atoms with Crippen molar-refractivity contribution >= 4 is 5.57 Å². The van der Waals surface area contributed by atoms with Gasteiger partial charge < -0.3 is 10.2 Å². The molecule has 76 valence electrons. The maximum Gasteiger partial charge on any atom is 0.126 e. The third kappa shape index (κ3) is 1.90. The van der Waals surface area contributed by atoms with Gasteiger partial charge in [0, 0.05) is 11.1 Å². The van der Waals surface area contributed by atoms with E-state index >= 15 is 0 Å². The van der Waals surface area contributed by atoms with Crippen LogP contribution in [0.1, 0.15) is 37.8 Å². The Kier molecular flexibility index (Phi) is 2.84. The van der Waals surface area contributed by atoms with E-state index in [0.29, 0.717) is 5.56 Å². The van der Waals surface area contributed by atoms with Crippen molar-refractivity contribution in [1.29, 1.82) is 0 Å². The fraction of sp³-hybridized carbons (Fsp3) is 0.333. The number of hydrogen-bond acceptors (Lipinski definition) is 2. The van der Waals surface area contributed by atoms with E-state index in [1.165, 1.54) is 6.07 Å². The van der Waals surface area contributed by atoms with Crippen molar-refractivity contribution in [3.05, 3.63) is 29.8 Å². The van der Waals surface area contributed by atoms with Crippen LogP contribution in [-0.4, -0.2) is 10.2 Å². The summed E-state index contributed by atoms with van der Waals surface area (Å²) in [6.45, 7) is 9.50. The molecular weight excluding hydrogens is 176 g/mol. The highest BCUT2D eigenvalue weighted by Gasteiger charge is 2.12. The highest BCUT2D eigenvalue weighted by atomic mass is 16.3. The number of phenols is 2. The lowest BCUT2D eigenvalue weighted by Crippen LogP contribution is -1.91. The van der Waals surface area contributed by atoms with E-state index < -0.39 is 0 Å². The van der Waals surface area contributed by atoms with E-state index in [4.69, 9.17) is 0 Å². The van der Waals surface area contributed by atoms with Gasteiger partial charge in [-0.15, -0.1) is 0 Å². The topological polar surface area (TPSA) is 40.5 Å². The highest BCUT2D eigenvalue weighted by molar-refractivity contribution is 5.70. The molecule has 0 heterocycles. The molecule has 0 fully saturated rings. The normalized spacial score (nSPS) is 10.6. The molecule has 0 amide bonds. The Labute approximate surface area is 84.5 Å². The van der Waals surface area contributed by atoms with E-state index in [0.717, 1.165) is 11.1 Å². The number of allylic oxidation sites excluding steroid dienone is 1. The minimum absolute atomic E-state index is 0.171. The summed E-state index contributed by atoms with van der Waals surface area (Å²) in [6.07, 6.45) is 0. The molecule has 2 nitrogen and oxygen atoms in total. The number of aromatic hydroxyl groups is 2. The van der Waals surface area contributed by atoms with E-state index in [9.17, 15) is 10.2 Å². The summed E-state index contributed by atoms with van der Waals surface area (Å²) in [4.78, 5) is 0. The first-order valence-corrected chi connectivity index (χ1v) is 4.65. The third-order valence-electron chi connectivity index (χ3n) is 2.21. The van der Waals surface area contributed by atoms with Crippen molar-refractivity contribution in [2.45, 2.75) is 26.7 Å². The molecule has 0 aromatic heterocycles. The number of rotatable bonds is 2. The molecular formula is C12H16O2. The molecule has 1 aromatic rings. The van der Waals surface area contributed by atoms with Gasteiger partial charge in [-0.1, -0.05) is 20.4 Å². The molecule has 0 saturated carbocycles. The summed E-state index contributed by atoms with van der Waals surface area (Å²) in [5.74, 6) is 0.579. The van der Waals surface area contributed by atoms with Crippen molar-refractivity contribution < 1.29 is 10.2 Å². The van der Waals surface area contributed by atoms with Gasteiger partial charge in [0.05, 0.1) is 0 Å². The van der Waals surface area contributed by atoms with Gasteiger partial charge in [-0.3, -0.25) is 0 Å². The van der Waals surface area contributed by atoms with Crippen LogP contribution < -0.4 is 0 Å². The van der Waals surface area contributed by atoms with Crippen molar-refractivity contribution in [2.24, 2.45) is 0 Å². The zero-order chi connectivity index (χ0) is 10.9. The van der Waals surface area contributed by atoms with Gasteiger partial charge in [-0.2, -0.15) is 0 Å². The average Bonchev–Trinajstić information content (AvgIpc) is 2.07. The molecule has 0 unspecified atom stereocenters. The van der Waals surface area contributed by atoms with Crippen LogP contribution in [0.25, 0.3) is 5.57 Å². The Morgan fingerprint density at radius 2 is 1.86 bits per heavy atom. The Morgan fingerprint density at radius 1 is 1.29 bits per heavy atom. The van der Waals surface area contributed by atoms with Crippen LogP contribution in [0, 0.1) is 0 Å². The molecule has 0 aliphatic carbocycles. The standard InChI is InChI=1S/C12H16O2/c1-7(2)10-5-9(13)6-11(8(3)4)12(10)14/h5-6,8,13-14H,1H2,2-4H3. The number of hydrogen-bond donors (Lipinski definition) is 2. The second kappa shape index (κ2) is 3.74. The lowest BCUT2D eigenvalue weighted by Gasteiger charge is -2.13. The second-order valence-corrected chi connectivity index (χ2v) is 3.87. The van der Waals surface area contributed by atoms with Gasteiger partial charge in [-0.05, 0) is 30.5 Å². The predicted octanol–water partition coefficient (Wildman–Crippen LogP) is 3.25. The van der Waals surface area contributed by atoms with Gasteiger partial charge in [-0.25, -0.2) is 0 Å². The van der Waals surface area contributed by atoms with Gasteiger partial charge in [0.2, 0.25) is 0 Å². The van der Waals surface area contributed by atoms with Crippen LogP contribution in [0.15, 0.2) is 18.7 Å². The lowest BCUT2D eigenvalue weighted by atomic mass is 9.96. The monoisotopic (exact) mass is 192 g/mol. The Balaban J connectivity index is 3.40. The van der Waals surface area contributed by atoms with E-state index in [2.05, 4.69) is 6.58 Å². The first kappa shape index (κ1) is 10.6. The highest BCUT2D eigenvalue weighted by Crippen LogP contribution is 2.35. The summed E-state index contributed by atoms with van der Waals surface area (Å²) in [7, 11) is 0. The first-order valence-electron chi connectivity index (χ1n) is 4.65. The molecule has 0 aliphatic heterocycles. The van der Waals surface area contributed by atoms with Gasteiger partial charge in [0.25, 0.3) is 0 Å². The molecule has 14 heavy (non-hydrogen) atoms. The maximum atomic E-state index is 9.88. The molecule has 0 radical (unpaired) electrons. The van der Waals surface area contributed by atoms with Crippen molar-refractivity contribution in [3.63, 3.8) is 0 Å². The minimum Gasteiger partial charge on any atom is -0.508 e. The predicted molar refractivity (Wildman–Crippen MR) is 58.6 cm³/mol. The van der Waals surface area contributed by atoms with Crippen molar-refractivity contribution in [1.82, 2.24) is 0 Å². The van der Waals surface area contributed by atoms with Crippen LogP contribution >= 0.6 is 0 Å². The molecule has 0 atom stereocenters. The zero-order valence-electron chi connectivity index (χ0n) is 8.83. The van der Waals surface area contributed by atoms with Crippen LogP contribution in [0.2, 0.25) is 0 Å². The molecule has 0 spiro atoms. The largest absolute Gasteiger partial charge is 0.508 e. The maximum absolute atomic E-state index is 9.88. The van der Waals surface area contributed by atoms with Crippen LogP contribution in [0.4, 0.5) is 0 Å². The van der Waals surface area contributed by atoms with Gasteiger partial charge >= 0.3 is 0 Å². The van der Waals surface area contributed by atoms with Crippen LogP contribution in [-0.2, 0) is 0 Å². The molecule has 0 saturated heterocycles. The smallest absolute Gasteiger partial charge is 0.126 e. The fourth-order valence-electron chi connectivity index (χ4n) is 1.41. The van der Waals surface area contributed by atoms with Crippen LogP contribution in [0.3, 0.4) is 0 Å². The Bertz CT molecular complexity index is 365. The van der Waals surface area contributed by atoms with Crippen molar-refractivity contribution in [3.8, 4) is 11.5 Å². The lowest BCUT2D eigenvalue weighted by molar-refractivity contribution is 0.449. The van der Waals surface area contributed by atoms with E-state index in [1.807, 2.05) is 13.8 Å². The number of benzene rings is 1. The molecule has 2 N–H and O–H groups in total. The summed E-state index contributed by atoms with van der Waals surface area (Å²) >= 11 is 0. The molecule has 2 heteroatoms.